The number of halogens is 2. The maximum Gasteiger partial charge on any atom is 0.268 e. The smallest absolute Gasteiger partial charge is 0.268 e. The molecule has 3 aromatic rings. The molecule has 1 aliphatic carbocycles. The van der Waals surface area contributed by atoms with Crippen LogP contribution in [-0.2, 0) is 6.42 Å². The Morgan fingerprint density at radius 3 is 2.81 bits per heavy atom. The van der Waals surface area contributed by atoms with E-state index in [0.717, 1.165) is 17.5 Å². The van der Waals surface area contributed by atoms with Gasteiger partial charge < -0.3 is 10.1 Å². The maximum absolute atomic E-state index is 13.0. The number of benzene rings is 2. The Hall–Kier alpha value is -3.60. The first-order valence-electron chi connectivity index (χ1n) is 9.31. The zero-order chi connectivity index (χ0) is 21.5. The zero-order valence-corrected chi connectivity index (χ0v) is 17.4. The fraction of sp³-hybridized carbons (Fsp3) is 0.0909. The van der Waals surface area contributed by atoms with Crippen molar-refractivity contribution in [3.63, 3.8) is 0 Å². The number of allylic oxidation sites excluding steroid dienone is 1. The molecule has 1 amide bonds. The van der Waals surface area contributed by atoms with Crippen LogP contribution in [0.1, 0.15) is 27.0 Å². The summed E-state index contributed by atoms with van der Waals surface area (Å²) >= 11 is 12.5. The number of anilines is 3. The number of para-hydroxylation sites is 1. The molecule has 0 bridgehead atoms. The number of nitrogens with zero attached hydrogens (tertiary/aromatic N) is 4. The summed E-state index contributed by atoms with van der Waals surface area (Å²) in [6, 6.07) is 10.9. The second-order valence-corrected chi connectivity index (χ2v) is 7.74. The van der Waals surface area contributed by atoms with Gasteiger partial charge in [0.2, 0.25) is 11.8 Å². The van der Waals surface area contributed by atoms with Crippen molar-refractivity contribution < 1.29 is 9.53 Å². The predicted molar refractivity (Wildman–Crippen MR) is 118 cm³/mol. The van der Waals surface area contributed by atoms with Gasteiger partial charge in [0.1, 0.15) is 5.56 Å². The molecule has 1 aromatic heterocycles. The van der Waals surface area contributed by atoms with Crippen LogP contribution in [0, 0.1) is 11.3 Å². The topological polar surface area (TPSA) is 91.1 Å². The molecule has 0 unspecified atom stereocenters. The number of fused-ring (bicyclic) bond motifs is 2. The van der Waals surface area contributed by atoms with E-state index in [0.29, 0.717) is 27.0 Å². The van der Waals surface area contributed by atoms with Gasteiger partial charge in [-0.25, -0.2) is 4.98 Å². The Bertz CT molecular complexity index is 1300. The van der Waals surface area contributed by atoms with Gasteiger partial charge in [-0.15, -0.1) is 0 Å². The Morgan fingerprint density at radius 1 is 1.23 bits per heavy atom. The first-order valence-corrected chi connectivity index (χ1v) is 10.1. The second-order valence-electron chi connectivity index (χ2n) is 6.92. The lowest BCUT2D eigenvalue weighted by atomic mass is 10.0. The first kappa shape index (κ1) is 19.4. The summed E-state index contributed by atoms with van der Waals surface area (Å²) in [4.78, 5) is 22.9. The van der Waals surface area contributed by atoms with Crippen molar-refractivity contribution in [2.45, 2.75) is 6.42 Å². The minimum atomic E-state index is -0.364. The highest BCUT2D eigenvalue weighted by Gasteiger charge is 2.31. The van der Waals surface area contributed by atoms with Crippen LogP contribution in [0.25, 0.3) is 6.08 Å². The molecule has 2 heterocycles. The summed E-state index contributed by atoms with van der Waals surface area (Å²) < 4.78 is 5.70. The molecule has 0 spiro atoms. The fourth-order valence-electron chi connectivity index (χ4n) is 3.60. The Labute approximate surface area is 187 Å². The molecule has 2 aromatic carbocycles. The van der Waals surface area contributed by atoms with E-state index in [1.54, 1.807) is 24.3 Å². The quantitative estimate of drug-likeness (QED) is 0.606. The van der Waals surface area contributed by atoms with E-state index in [4.69, 9.17) is 27.9 Å². The van der Waals surface area contributed by atoms with E-state index >= 15 is 0 Å². The molecule has 7 nitrogen and oxygen atoms in total. The lowest BCUT2D eigenvalue weighted by molar-refractivity contribution is 0.0932. The highest BCUT2D eigenvalue weighted by Crippen LogP contribution is 2.37. The molecule has 5 rings (SSSR count). The minimum Gasteiger partial charge on any atom is -0.455 e. The van der Waals surface area contributed by atoms with E-state index in [2.05, 4.69) is 21.4 Å². The van der Waals surface area contributed by atoms with Gasteiger partial charge in [-0.2, -0.15) is 10.2 Å². The van der Waals surface area contributed by atoms with Crippen molar-refractivity contribution in [1.82, 2.24) is 9.97 Å². The van der Waals surface area contributed by atoms with Crippen LogP contribution in [-0.4, -0.2) is 22.6 Å². The van der Waals surface area contributed by atoms with Gasteiger partial charge in [-0.05, 0) is 41.8 Å². The fourth-order valence-corrected chi connectivity index (χ4v) is 4.20. The lowest BCUT2D eigenvalue weighted by Gasteiger charge is -2.29. The third kappa shape index (κ3) is 3.36. The number of rotatable bonds is 3. The normalized spacial score (nSPS) is 14.0. The highest BCUT2D eigenvalue weighted by atomic mass is 35.5. The summed E-state index contributed by atoms with van der Waals surface area (Å²) in [5, 5.41) is 13.2. The largest absolute Gasteiger partial charge is 0.455 e. The third-order valence-corrected chi connectivity index (χ3v) is 5.66. The predicted octanol–water partition coefficient (Wildman–Crippen LogP) is 4.96. The van der Waals surface area contributed by atoms with Crippen molar-refractivity contribution in [2.24, 2.45) is 0 Å². The SMILES string of the molecule is N#Cc1cc(Nc2ncc3c(n2)OCN(c2c(Cl)cccc2Cl)C3=O)cc2c1CC=C2. The van der Waals surface area contributed by atoms with Crippen LogP contribution in [0.2, 0.25) is 10.0 Å². The number of nitrogens with one attached hydrogen (secondary N) is 1. The minimum absolute atomic E-state index is 0.0893. The van der Waals surface area contributed by atoms with Crippen LogP contribution >= 0.6 is 23.2 Å². The molecule has 0 saturated carbocycles. The first-order chi connectivity index (χ1) is 15.0. The van der Waals surface area contributed by atoms with Crippen LogP contribution in [0.4, 0.5) is 17.3 Å². The molecule has 0 saturated heterocycles. The van der Waals surface area contributed by atoms with Crippen LogP contribution in [0.5, 0.6) is 5.88 Å². The number of hydrogen-bond donors (Lipinski definition) is 1. The molecule has 0 atom stereocenters. The van der Waals surface area contributed by atoms with Crippen molar-refractivity contribution in [3.8, 4) is 11.9 Å². The van der Waals surface area contributed by atoms with E-state index < -0.39 is 0 Å². The van der Waals surface area contributed by atoms with E-state index in [1.165, 1.54) is 11.1 Å². The molecule has 0 radical (unpaired) electrons. The molecular weight excluding hydrogens is 437 g/mol. The highest BCUT2D eigenvalue weighted by molar-refractivity contribution is 6.40. The average Bonchev–Trinajstić information content (AvgIpc) is 3.23. The van der Waals surface area contributed by atoms with Crippen molar-refractivity contribution in [3.05, 3.63) is 74.9 Å². The standard InChI is InChI=1S/C22H13Cl2N5O2/c23-17-5-2-6-18(24)19(17)29-11-31-20-16(21(29)30)10-26-22(28-20)27-14-7-12-3-1-4-15(12)13(8-14)9-25/h1-3,5-8,10H,4,11H2,(H,26,27,28). The summed E-state index contributed by atoms with van der Waals surface area (Å²) in [7, 11) is 0. The van der Waals surface area contributed by atoms with Gasteiger partial charge >= 0.3 is 0 Å². The summed E-state index contributed by atoms with van der Waals surface area (Å²) in [5.74, 6) is 0.0438. The van der Waals surface area contributed by atoms with Gasteiger partial charge in [0, 0.05) is 11.9 Å². The Kier molecular flexibility index (Phi) is 4.74. The molecule has 31 heavy (non-hydrogen) atoms. The van der Waals surface area contributed by atoms with Crippen LogP contribution < -0.4 is 15.0 Å². The maximum atomic E-state index is 13.0. The molecule has 9 heteroatoms. The van der Waals surface area contributed by atoms with E-state index in [1.807, 2.05) is 18.2 Å². The molecule has 0 fully saturated rings. The van der Waals surface area contributed by atoms with Gasteiger partial charge in [0.05, 0.1) is 27.4 Å². The molecule has 1 aliphatic heterocycles. The molecule has 152 valence electrons. The number of amides is 1. The number of hydrogen-bond acceptors (Lipinski definition) is 6. The summed E-state index contributed by atoms with van der Waals surface area (Å²) in [6.07, 6.45) is 6.13. The molecule has 2 aliphatic rings. The van der Waals surface area contributed by atoms with Crippen LogP contribution in [0.15, 0.2) is 42.6 Å². The van der Waals surface area contributed by atoms with Crippen LogP contribution in [0.3, 0.4) is 0 Å². The second kappa shape index (κ2) is 7.58. The molecule has 1 N–H and O–H groups in total. The van der Waals surface area contributed by atoms with E-state index in [-0.39, 0.29) is 30.0 Å². The average molecular weight is 450 g/mol. The Morgan fingerprint density at radius 2 is 2.03 bits per heavy atom. The van der Waals surface area contributed by atoms with Crippen molar-refractivity contribution in [2.75, 3.05) is 16.9 Å². The number of carbonyl (C=O) groups excluding carboxylic acids is 1. The number of nitriles is 1. The van der Waals surface area contributed by atoms with Gasteiger partial charge in [0.15, 0.2) is 6.73 Å². The summed E-state index contributed by atoms with van der Waals surface area (Å²) in [6.45, 7) is -0.0893. The van der Waals surface area contributed by atoms with Crippen molar-refractivity contribution in [1.29, 1.82) is 5.26 Å². The lowest BCUT2D eigenvalue weighted by Crippen LogP contribution is -2.39. The number of aromatic nitrogens is 2. The Balaban J connectivity index is 1.44. The monoisotopic (exact) mass is 449 g/mol. The molecular formula is C22H13Cl2N5O2. The number of ether oxygens (including phenoxy) is 1. The zero-order valence-electron chi connectivity index (χ0n) is 15.9. The van der Waals surface area contributed by atoms with Crippen molar-refractivity contribution >= 4 is 52.5 Å². The van der Waals surface area contributed by atoms with Gasteiger partial charge in [0.25, 0.3) is 5.91 Å². The van der Waals surface area contributed by atoms with E-state index in [9.17, 15) is 10.1 Å². The summed E-state index contributed by atoms with van der Waals surface area (Å²) in [5.41, 5.74) is 3.83. The van der Waals surface area contributed by atoms with Gasteiger partial charge in [-0.3, -0.25) is 9.69 Å². The third-order valence-electron chi connectivity index (χ3n) is 5.05. The number of carbonyl (C=O) groups is 1. The van der Waals surface area contributed by atoms with Gasteiger partial charge in [-0.1, -0.05) is 41.4 Å².